The van der Waals surface area contributed by atoms with Gasteiger partial charge in [-0.2, -0.15) is 4.31 Å². The number of carbonyl (C=O) groups is 2. The van der Waals surface area contributed by atoms with E-state index in [-0.39, 0.29) is 16.6 Å². The number of aromatic nitrogens is 1. The molecule has 1 fully saturated rings. The molecule has 0 saturated carbocycles. The monoisotopic (exact) mass is 497 g/mol. The number of amides is 1. The van der Waals surface area contributed by atoms with E-state index in [1.54, 1.807) is 32.0 Å². The van der Waals surface area contributed by atoms with Crippen LogP contribution in [0.3, 0.4) is 0 Å². The topological polar surface area (TPSA) is 106 Å². The van der Waals surface area contributed by atoms with E-state index in [2.05, 4.69) is 10.3 Å². The highest BCUT2D eigenvalue weighted by Gasteiger charge is 2.25. The van der Waals surface area contributed by atoms with E-state index >= 15 is 0 Å². The van der Waals surface area contributed by atoms with Gasteiger partial charge in [0.25, 0.3) is 0 Å². The van der Waals surface area contributed by atoms with Gasteiger partial charge in [-0.25, -0.2) is 18.2 Å². The summed E-state index contributed by atoms with van der Waals surface area (Å²) in [6.07, 6.45) is 5.21. The van der Waals surface area contributed by atoms with E-state index in [4.69, 9.17) is 4.74 Å². The second-order valence-corrected chi connectivity index (χ2v) is 11.3. The Morgan fingerprint density at radius 1 is 1.22 bits per heavy atom. The fourth-order valence-corrected chi connectivity index (χ4v) is 6.38. The van der Waals surface area contributed by atoms with Crippen molar-refractivity contribution in [1.29, 1.82) is 0 Å². The lowest BCUT2D eigenvalue weighted by Crippen LogP contribution is -2.32. The molecule has 11 heteroatoms. The maximum absolute atomic E-state index is 12.8. The van der Waals surface area contributed by atoms with Crippen molar-refractivity contribution in [3.8, 4) is 0 Å². The molecule has 3 heterocycles. The van der Waals surface area contributed by atoms with Crippen LogP contribution in [0.1, 0.15) is 47.8 Å². The second-order valence-electron chi connectivity index (χ2n) is 7.33. The van der Waals surface area contributed by atoms with Gasteiger partial charge in [0.2, 0.25) is 15.9 Å². The number of rotatable bonds is 8. The van der Waals surface area contributed by atoms with E-state index < -0.39 is 16.0 Å². The summed E-state index contributed by atoms with van der Waals surface area (Å²) in [5.74, 6) is -0.532. The van der Waals surface area contributed by atoms with Gasteiger partial charge in [0.1, 0.15) is 9.77 Å². The smallest absolute Gasteiger partial charge is 0.348 e. The summed E-state index contributed by atoms with van der Waals surface area (Å²) in [4.78, 5) is 29.1. The Morgan fingerprint density at radius 2 is 1.94 bits per heavy atom. The number of esters is 1. The molecule has 2 aromatic heterocycles. The summed E-state index contributed by atoms with van der Waals surface area (Å²) in [7, 11) is -3.54. The number of nitrogens with one attached hydrogen (secondary N) is 1. The molecule has 2 aromatic rings. The summed E-state index contributed by atoms with van der Waals surface area (Å²) < 4.78 is 32.2. The van der Waals surface area contributed by atoms with Crippen LogP contribution in [-0.4, -0.2) is 55.0 Å². The first kappa shape index (κ1) is 24.7. The zero-order valence-corrected chi connectivity index (χ0v) is 20.6. The number of anilines is 1. The maximum Gasteiger partial charge on any atom is 0.348 e. The molecule has 0 aromatic carbocycles. The van der Waals surface area contributed by atoms with Crippen molar-refractivity contribution < 1.29 is 22.7 Å². The molecule has 0 aliphatic carbocycles. The van der Waals surface area contributed by atoms with Crippen LogP contribution in [0.25, 0.3) is 0 Å². The lowest BCUT2D eigenvalue weighted by Gasteiger charge is -2.19. The molecule has 1 aliphatic heterocycles. The molecule has 8 nitrogen and oxygen atoms in total. The van der Waals surface area contributed by atoms with Crippen LogP contribution in [0, 0.1) is 6.92 Å². The quantitative estimate of drug-likeness (QED) is 0.435. The van der Waals surface area contributed by atoms with Gasteiger partial charge < -0.3 is 10.1 Å². The number of hydrogen-bond acceptors (Lipinski definition) is 8. The van der Waals surface area contributed by atoms with Crippen molar-refractivity contribution in [2.75, 3.05) is 30.8 Å². The zero-order chi connectivity index (χ0) is 23.1. The minimum Gasteiger partial charge on any atom is -0.462 e. The minimum absolute atomic E-state index is 0.108. The van der Waals surface area contributed by atoms with Gasteiger partial charge in [-0.05, 0) is 50.5 Å². The van der Waals surface area contributed by atoms with E-state index in [1.165, 1.54) is 33.6 Å². The van der Waals surface area contributed by atoms with Crippen LogP contribution >= 0.6 is 23.1 Å². The van der Waals surface area contributed by atoms with E-state index in [0.717, 1.165) is 31.2 Å². The molecule has 0 spiro atoms. The molecule has 1 saturated heterocycles. The van der Waals surface area contributed by atoms with Crippen molar-refractivity contribution in [2.24, 2.45) is 0 Å². The third-order valence-corrected chi connectivity index (χ3v) is 8.86. The number of sulfonamides is 1. The van der Waals surface area contributed by atoms with Crippen molar-refractivity contribution >= 4 is 50.0 Å². The van der Waals surface area contributed by atoms with Crippen molar-refractivity contribution in [3.05, 3.63) is 34.8 Å². The van der Waals surface area contributed by atoms with Gasteiger partial charge in [-0.15, -0.1) is 11.3 Å². The van der Waals surface area contributed by atoms with Crippen molar-refractivity contribution in [2.45, 2.75) is 49.5 Å². The Balaban J connectivity index is 1.55. The normalized spacial score (nSPS) is 15.2. The van der Waals surface area contributed by atoms with E-state index in [1.807, 2.05) is 0 Å². The third-order valence-electron chi connectivity index (χ3n) is 4.90. The molecular weight excluding hydrogens is 470 g/mol. The predicted octanol–water partition coefficient (Wildman–Crippen LogP) is 3.92. The van der Waals surface area contributed by atoms with Gasteiger partial charge in [0.15, 0.2) is 0 Å². The molecule has 1 amide bonds. The Labute approximate surface area is 196 Å². The van der Waals surface area contributed by atoms with Crippen LogP contribution in [0.4, 0.5) is 5.00 Å². The molecular formula is C21H27N3O5S3. The molecule has 0 radical (unpaired) electrons. The number of carbonyl (C=O) groups excluding carboxylic acids is 2. The Kier molecular flexibility index (Phi) is 8.69. The van der Waals surface area contributed by atoms with Gasteiger partial charge in [-0.1, -0.05) is 24.6 Å². The van der Waals surface area contributed by atoms with E-state index in [0.29, 0.717) is 34.6 Å². The number of nitrogens with zero attached hydrogens (tertiary/aromatic N) is 2. The molecule has 0 unspecified atom stereocenters. The van der Waals surface area contributed by atoms with E-state index in [9.17, 15) is 18.0 Å². The first-order valence-corrected chi connectivity index (χ1v) is 13.7. The fourth-order valence-electron chi connectivity index (χ4n) is 3.29. The highest BCUT2D eigenvalue weighted by atomic mass is 32.2. The summed E-state index contributed by atoms with van der Waals surface area (Å²) in [5, 5.41) is 3.91. The first-order valence-electron chi connectivity index (χ1n) is 10.5. The molecule has 0 bridgehead atoms. The van der Waals surface area contributed by atoms with Gasteiger partial charge in [0, 0.05) is 19.3 Å². The molecule has 0 atom stereocenters. The van der Waals surface area contributed by atoms with Crippen LogP contribution in [0.15, 0.2) is 34.3 Å². The van der Waals surface area contributed by atoms with Crippen LogP contribution in [0.2, 0.25) is 0 Å². The molecule has 1 N–H and O–H groups in total. The van der Waals surface area contributed by atoms with Crippen molar-refractivity contribution in [3.63, 3.8) is 0 Å². The lowest BCUT2D eigenvalue weighted by molar-refractivity contribution is -0.113. The zero-order valence-electron chi connectivity index (χ0n) is 18.1. The summed E-state index contributed by atoms with van der Waals surface area (Å²) in [6, 6.07) is 4.90. The second kappa shape index (κ2) is 11.3. The standard InChI is InChI=1S/C21H27N3O5S3/c1-3-29-21(26)20-15(2)12-19(31-20)23-17(25)14-30-18-9-8-16(13-22-18)32(27,28)24-10-6-4-5-7-11-24/h8-9,12-13H,3-7,10-11,14H2,1-2H3,(H,23,25). The van der Waals surface area contributed by atoms with Gasteiger partial charge in [-0.3, -0.25) is 4.79 Å². The Morgan fingerprint density at radius 3 is 2.56 bits per heavy atom. The van der Waals surface area contributed by atoms with Crippen LogP contribution in [0.5, 0.6) is 0 Å². The van der Waals surface area contributed by atoms with Gasteiger partial charge >= 0.3 is 5.97 Å². The number of ether oxygens (including phenoxy) is 1. The first-order chi connectivity index (χ1) is 15.3. The highest BCUT2D eigenvalue weighted by molar-refractivity contribution is 7.99. The average molecular weight is 498 g/mol. The summed E-state index contributed by atoms with van der Waals surface area (Å²) in [6.45, 7) is 4.90. The fraction of sp³-hybridized carbons (Fsp3) is 0.476. The number of hydrogen-bond donors (Lipinski definition) is 1. The maximum atomic E-state index is 12.8. The Hall–Kier alpha value is -1.95. The lowest BCUT2D eigenvalue weighted by atomic mass is 10.2. The number of pyridine rings is 1. The summed E-state index contributed by atoms with van der Waals surface area (Å²) >= 11 is 2.39. The Bertz CT molecular complexity index is 1040. The highest BCUT2D eigenvalue weighted by Crippen LogP contribution is 2.28. The molecule has 32 heavy (non-hydrogen) atoms. The predicted molar refractivity (Wildman–Crippen MR) is 126 cm³/mol. The molecule has 3 rings (SSSR count). The number of thiophene rings is 1. The number of aryl methyl sites for hydroxylation is 1. The molecule has 1 aliphatic rings. The van der Waals surface area contributed by atoms with Crippen LogP contribution in [-0.2, 0) is 19.6 Å². The largest absolute Gasteiger partial charge is 0.462 e. The molecule has 174 valence electrons. The number of thioether (sulfide) groups is 1. The third kappa shape index (κ3) is 6.31. The SMILES string of the molecule is CCOC(=O)c1sc(NC(=O)CSc2ccc(S(=O)(=O)N3CCCCCC3)cn2)cc1C. The van der Waals surface area contributed by atoms with Crippen LogP contribution < -0.4 is 5.32 Å². The average Bonchev–Trinajstić information content (AvgIpc) is 2.95. The minimum atomic E-state index is -3.54. The van der Waals surface area contributed by atoms with Gasteiger partial charge in [0.05, 0.1) is 22.4 Å². The summed E-state index contributed by atoms with van der Waals surface area (Å²) in [5.41, 5.74) is 0.749. The van der Waals surface area contributed by atoms with Crippen molar-refractivity contribution in [1.82, 2.24) is 9.29 Å².